The zero-order valence-corrected chi connectivity index (χ0v) is 20.1. The van der Waals surface area contributed by atoms with Crippen molar-refractivity contribution in [1.82, 2.24) is 8.53 Å². The van der Waals surface area contributed by atoms with Crippen molar-refractivity contribution in [3.05, 3.63) is 38.4 Å². The van der Waals surface area contributed by atoms with E-state index in [-0.39, 0.29) is 0 Å². The van der Waals surface area contributed by atoms with E-state index in [1.165, 1.54) is 34.9 Å². The number of aryl methyl sites for hydroxylation is 1. The summed E-state index contributed by atoms with van der Waals surface area (Å²) in [6, 6.07) is 2.54. The Morgan fingerprint density at radius 1 is 1.00 bits per heavy atom. The van der Waals surface area contributed by atoms with Gasteiger partial charge in [0.05, 0.1) is 0 Å². The molecule has 3 nitrogen and oxygen atoms in total. The van der Waals surface area contributed by atoms with Gasteiger partial charge >= 0.3 is 162 Å². The molecule has 3 rings (SSSR count). The van der Waals surface area contributed by atoms with Gasteiger partial charge in [-0.25, -0.2) is 0 Å². The van der Waals surface area contributed by atoms with Crippen LogP contribution in [0.4, 0.5) is 0 Å². The molecule has 0 heterocycles. The first-order valence-electron chi connectivity index (χ1n) is 8.77. The number of hydrogen-bond acceptors (Lipinski definition) is 3. The second kappa shape index (κ2) is 6.74. The molecule has 0 fully saturated rings. The van der Waals surface area contributed by atoms with Crippen LogP contribution < -0.4 is 0 Å². The number of halogens is 1. The van der Waals surface area contributed by atoms with Gasteiger partial charge in [0.1, 0.15) is 0 Å². The summed E-state index contributed by atoms with van der Waals surface area (Å²) in [7, 11) is 13.7. The fourth-order valence-corrected chi connectivity index (χ4v) is 19.0. The predicted octanol–water partition coefficient (Wildman–Crippen LogP) is 3.98. The van der Waals surface area contributed by atoms with E-state index >= 15 is 0 Å². The van der Waals surface area contributed by atoms with E-state index in [2.05, 4.69) is 85.8 Å². The molecule has 0 aliphatic heterocycles. The van der Waals surface area contributed by atoms with Crippen molar-refractivity contribution >= 4 is 22.0 Å². The average molecular weight is 472 g/mol. The summed E-state index contributed by atoms with van der Waals surface area (Å²) < 4.78 is 9.59. The summed E-state index contributed by atoms with van der Waals surface area (Å²) in [5.74, 6) is 0. The van der Waals surface area contributed by atoms with E-state index in [1.807, 2.05) is 0 Å². The minimum atomic E-state index is -3.00. The Kier molecular flexibility index (Phi) is 5.33. The van der Waals surface area contributed by atoms with Crippen LogP contribution in [0.2, 0.25) is 0 Å². The van der Waals surface area contributed by atoms with E-state index in [9.17, 15) is 0 Å². The zero-order valence-electron chi connectivity index (χ0n) is 16.1. The topological polar surface area (TPSA) is 9.72 Å². The number of allylic oxidation sites excluding steroid dienone is 1. The Balaban J connectivity index is 2.25. The molecular weight excluding hydrogens is 441 g/mol. The normalized spacial score (nSPS) is 20.1. The molecule has 0 N–H and O–H groups in total. The van der Waals surface area contributed by atoms with Crippen LogP contribution in [-0.2, 0) is 34.0 Å². The summed E-state index contributed by atoms with van der Waals surface area (Å²) in [5, 5.41) is 0. The van der Waals surface area contributed by atoms with Gasteiger partial charge in [-0.3, -0.25) is 0 Å². The molecule has 1 unspecified atom stereocenters. The third-order valence-electron chi connectivity index (χ3n) is 5.90. The Labute approximate surface area is 161 Å². The Hall–Kier alpha value is 0.203. The molecule has 0 amide bonds. The molecule has 2 aliphatic carbocycles. The Morgan fingerprint density at radius 3 is 2.12 bits per heavy atom. The van der Waals surface area contributed by atoms with Crippen molar-refractivity contribution in [3.63, 3.8) is 0 Å². The van der Waals surface area contributed by atoms with E-state index < -0.39 is 21.1 Å². The van der Waals surface area contributed by atoms with Gasteiger partial charge in [0.15, 0.2) is 0 Å². The van der Waals surface area contributed by atoms with Crippen molar-refractivity contribution in [1.29, 1.82) is 0 Å². The average Bonchev–Trinajstić information content (AvgIpc) is 3.05. The van der Waals surface area contributed by atoms with Crippen LogP contribution in [0.3, 0.4) is 0 Å². The van der Waals surface area contributed by atoms with Crippen LogP contribution in [-0.4, -0.2) is 50.8 Å². The van der Waals surface area contributed by atoms with Gasteiger partial charge in [0, 0.05) is 0 Å². The van der Waals surface area contributed by atoms with Gasteiger partial charge in [-0.15, -0.1) is 0 Å². The molecule has 0 aromatic heterocycles. The fraction of sp³-hybridized carbons (Fsp3) is 0.579. The van der Waals surface area contributed by atoms with Gasteiger partial charge in [-0.1, -0.05) is 0 Å². The molecule has 24 heavy (non-hydrogen) atoms. The van der Waals surface area contributed by atoms with E-state index in [0.29, 0.717) is 3.63 Å². The summed E-state index contributed by atoms with van der Waals surface area (Å²) in [6.45, 7) is 2.34. The van der Waals surface area contributed by atoms with Crippen molar-refractivity contribution in [3.8, 4) is 0 Å². The molecule has 1 aromatic carbocycles. The number of nitrogens with zero attached hydrogens (tertiary/aromatic N) is 3. The fourth-order valence-electron chi connectivity index (χ4n) is 5.16. The van der Waals surface area contributed by atoms with Crippen LogP contribution in [0.5, 0.6) is 0 Å². The van der Waals surface area contributed by atoms with Gasteiger partial charge in [0.2, 0.25) is 0 Å². The molecule has 0 saturated heterocycles. The summed E-state index contributed by atoms with van der Waals surface area (Å²) in [4.78, 5) is 0. The van der Waals surface area contributed by atoms with Crippen LogP contribution in [0.15, 0.2) is 16.1 Å². The molecule has 1 aromatic rings. The molecular formula is C19H30BrN3Zr. The second-order valence-electron chi connectivity index (χ2n) is 7.88. The third kappa shape index (κ3) is 2.58. The molecule has 5 heteroatoms. The van der Waals surface area contributed by atoms with Crippen LogP contribution in [0.25, 0.3) is 6.08 Å². The van der Waals surface area contributed by atoms with Crippen molar-refractivity contribution in [2.45, 2.75) is 29.8 Å². The van der Waals surface area contributed by atoms with Crippen LogP contribution in [0, 0.1) is 0 Å². The Bertz CT molecular complexity index is 673. The summed E-state index contributed by atoms with van der Waals surface area (Å²) >= 11 is 0.950. The molecule has 1 atom stereocenters. The monoisotopic (exact) mass is 469 g/mol. The van der Waals surface area contributed by atoms with E-state index in [1.54, 1.807) is 16.7 Å². The number of fused-ring (bicyclic) bond motifs is 2. The van der Waals surface area contributed by atoms with Crippen molar-refractivity contribution in [2.24, 2.45) is 0 Å². The molecule has 0 radical (unpaired) electrons. The molecule has 132 valence electrons. The third-order valence-corrected chi connectivity index (χ3v) is 20.3. The maximum absolute atomic E-state index is 3.95. The molecule has 2 aliphatic rings. The maximum atomic E-state index is 3.95. The first-order chi connectivity index (χ1) is 11.2. The van der Waals surface area contributed by atoms with Gasteiger partial charge < -0.3 is 0 Å². The van der Waals surface area contributed by atoms with Crippen LogP contribution in [0.1, 0.15) is 39.2 Å². The predicted molar refractivity (Wildman–Crippen MR) is 104 cm³/mol. The summed E-state index contributed by atoms with van der Waals surface area (Å²) in [6.07, 6.45) is 6.21. The Morgan fingerprint density at radius 2 is 1.58 bits per heavy atom. The number of hydrogen-bond donors (Lipinski definition) is 0. The van der Waals surface area contributed by atoms with E-state index in [0.717, 1.165) is 0 Å². The quantitative estimate of drug-likeness (QED) is 0.658. The SMILES string of the molecule is CC1=Cc2c(cc3c(c2Br)CCC3)[CH]1[Zr]([N](C)C)([N](C)C)[N](C)C. The number of benzene rings is 1. The zero-order chi connectivity index (χ0) is 17.8. The van der Waals surface area contributed by atoms with Gasteiger partial charge in [-0.05, 0) is 0 Å². The van der Waals surface area contributed by atoms with E-state index in [4.69, 9.17) is 0 Å². The van der Waals surface area contributed by atoms with Gasteiger partial charge in [-0.2, -0.15) is 0 Å². The van der Waals surface area contributed by atoms with Gasteiger partial charge in [0.25, 0.3) is 0 Å². The molecule has 0 bridgehead atoms. The number of rotatable bonds is 4. The first kappa shape index (κ1) is 19.0. The van der Waals surface area contributed by atoms with Crippen LogP contribution >= 0.6 is 15.9 Å². The molecule has 0 saturated carbocycles. The standard InChI is InChI=1S/C13H12Br.3C2H6N.Zr/c1-8-5-10-7-9-3-2-4-11(9)13(14)12(10)6-8;3*1-3-2;/h5-7H,2-4H2,1H3;3*1-2H3;/q;3*-1;+3. The second-order valence-corrected chi connectivity index (χ2v) is 20.1. The summed E-state index contributed by atoms with van der Waals surface area (Å²) in [5.41, 5.74) is 7.67. The molecule has 0 spiro atoms. The first-order valence-corrected chi connectivity index (χ1v) is 14.3. The van der Waals surface area contributed by atoms with Crippen molar-refractivity contribution < 1.29 is 21.1 Å². The minimum absolute atomic E-state index is 0.538. The van der Waals surface area contributed by atoms with Crippen molar-refractivity contribution in [2.75, 3.05) is 42.3 Å².